The number of rotatable bonds is 4. The molecule has 1 unspecified atom stereocenters. The van der Waals surface area contributed by atoms with Crippen molar-refractivity contribution in [3.63, 3.8) is 0 Å². The van der Waals surface area contributed by atoms with Crippen molar-refractivity contribution in [2.75, 3.05) is 26.7 Å². The summed E-state index contributed by atoms with van der Waals surface area (Å²) < 4.78 is 1.08. The van der Waals surface area contributed by atoms with Crippen LogP contribution in [0.1, 0.15) is 23.6 Å². The lowest BCUT2D eigenvalue weighted by Gasteiger charge is -2.40. The van der Waals surface area contributed by atoms with E-state index in [0.717, 1.165) is 30.5 Å². The molecule has 0 N–H and O–H groups in total. The third-order valence-electron chi connectivity index (χ3n) is 4.65. The molecule has 1 amide bonds. The molecule has 0 saturated carbocycles. The third kappa shape index (κ3) is 4.05. The minimum absolute atomic E-state index is 0.150. The van der Waals surface area contributed by atoms with E-state index in [-0.39, 0.29) is 11.9 Å². The molecule has 0 spiro atoms. The van der Waals surface area contributed by atoms with Crippen LogP contribution >= 0.6 is 15.9 Å². The summed E-state index contributed by atoms with van der Waals surface area (Å²) in [7, 11) is 2.12. The molecule has 2 aromatic rings. The summed E-state index contributed by atoms with van der Waals surface area (Å²) in [5.41, 5.74) is 2.41. The van der Waals surface area contributed by atoms with Gasteiger partial charge in [0, 0.05) is 30.5 Å². The minimum Gasteiger partial charge on any atom is -0.333 e. The van der Waals surface area contributed by atoms with Gasteiger partial charge in [-0.05, 0) is 30.7 Å². The fraction of sp³-hybridized carbons (Fsp3) is 0.350. The summed E-state index contributed by atoms with van der Waals surface area (Å²) in [6.45, 7) is 2.62. The Hall–Kier alpha value is -1.65. The number of carbonyl (C=O) groups excluding carboxylic acids is 1. The van der Waals surface area contributed by atoms with Crippen molar-refractivity contribution in [1.29, 1.82) is 0 Å². The lowest BCUT2D eigenvalue weighted by atomic mass is 10.0. The number of carbonyl (C=O) groups is 1. The van der Waals surface area contributed by atoms with Gasteiger partial charge in [-0.1, -0.05) is 64.5 Å². The lowest BCUT2D eigenvalue weighted by Crippen LogP contribution is -2.49. The van der Waals surface area contributed by atoms with Crippen molar-refractivity contribution in [3.05, 3.63) is 70.2 Å². The molecule has 1 aliphatic heterocycles. The first kappa shape index (κ1) is 17.2. The van der Waals surface area contributed by atoms with E-state index < -0.39 is 0 Å². The number of halogens is 1. The molecule has 3 rings (SSSR count). The Labute approximate surface area is 152 Å². The van der Waals surface area contributed by atoms with Gasteiger partial charge in [0.25, 0.3) is 0 Å². The monoisotopic (exact) mass is 386 g/mol. The first-order valence-corrected chi connectivity index (χ1v) is 9.21. The van der Waals surface area contributed by atoms with E-state index in [4.69, 9.17) is 0 Å². The van der Waals surface area contributed by atoms with Crippen LogP contribution in [0.25, 0.3) is 0 Å². The lowest BCUT2D eigenvalue weighted by molar-refractivity contribution is -0.136. The van der Waals surface area contributed by atoms with Gasteiger partial charge >= 0.3 is 0 Å². The Morgan fingerprint density at radius 2 is 1.79 bits per heavy atom. The average Bonchev–Trinajstić information content (AvgIpc) is 2.61. The van der Waals surface area contributed by atoms with Crippen LogP contribution in [-0.2, 0) is 11.2 Å². The van der Waals surface area contributed by atoms with Crippen molar-refractivity contribution in [2.24, 2.45) is 0 Å². The number of hydrogen-bond donors (Lipinski definition) is 0. The van der Waals surface area contributed by atoms with Gasteiger partial charge in [-0.3, -0.25) is 4.79 Å². The summed E-state index contributed by atoms with van der Waals surface area (Å²) in [5, 5.41) is 0. The van der Waals surface area contributed by atoms with E-state index in [1.54, 1.807) is 0 Å². The van der Waals surface area contributed by atoms with Crippen LogP contribution in [0.2, 0.25) is 0 Å². The summed E-state index contributed by atoms with van der Waals surface area (Å²) in [5.74, 6) is 0.243. The molecule has 2 aromatic carbocycles. The van der Waals surface area contributed by atoms with E-state index in [1.807, 2.05) is 36.4 Å². The van der Waals surface area contributed by atoms with Crippen LogP contribution in [-0.4, -0.2) is 42.4 Å². The number of aryl methyl sites for hydroxylation is 1. The van der Waals surface area contributed by atoms with Crippen molar-refractivity contribution in [2.45, 2.75) is 18.9 Å². The molecule has 4 heteroatoms. The Kier molecular flexibility index (Phi) is 5.69. The number of likely N-dealkylation sites (N-methyl/N-ethyl adjacent to an activating group) is 1. The second-order valence-electron chi connectivity index (χ2n) is 6.37. The van der Waals surface area contributed by atoms with Gasteiger partial charge in [0.2, 0.25) is 5.91 Å². The van der Waals surface area contributed by atoms with Crippen LogP contribution in [0.5, 0.6) is 0 Å². The summed E-state index contributed by atoms with van der Waals surface area (Å²) in [6, 6.07) is 18.6. The Morgan fingerprint density at radius 3 is 2.54 bits per heavy atom. The maximum Gasteiger partial charge on any atom is 0.223 e. The Balaban J connectivity index is 1.71. The van der Waals surface area contributed by atoms with Crippen molar-refractivity contribution in [1.82, 2.24) is 9.80 Å². The van der Waals surface area contributed by atoms with E-state index in [0.29, 0.717) is 6.42 Å². The van der Waals surface area contributed by atoms with Gasteiger partial charge in [0.05, 0.1) is 6.04 Å². The summed E-state index contributed by atoms with van der Waals surface area (Å²) in [6.07, 6.45) is 1.32. The van der Waals surface area contributed by atoms with Gasteiger partial charge in [0.1, 0.15) is 0 Å². The van der Waals surface area contributed by atoms with Gasteiger partial charge in [-0.25, -0.2) is 0 Å². The van der Waals surface area contributed by atoms with E-state index in [9.17, 15) is 4.79 Å². The SMILES string of the molecule is CN1CCN(C(=O)CCc2ccccc2Br)C(c2ccccc2)C1. The minimum atomic E-state index is 0.150. The van der Waals surface area contributed by atoms with Gasteiger partial charge in [0.15, 0.2) is 0 Å². The zero-order valence-electron chi connectivity index (χ0n) is 14.0. The van der Waals surface area contributed by atoms with Crippen molar-refractivity contribution in [3.8, 4) is 0 Å². The number of amides is 1. The van der Waals surface area contributed by atoms with Crippen LogP contribution in [0.4, 0.5) is 0 Å². The molecule has 1 aliphatic rings. The second kappa shape index (κ2) is 7.95. The molecule has 1 atom stereocenters. The maximum absolute atomic E-state index is 12.9. The largest absolute Gasteiger partial charge is 0.333 e. The highest BCUT2D eigenvalue weighted by Gasteiger charge is 2.29. The fourth-order valence-electron chi connectivity index (χ4n) is 3.26. The molecule has 1 fully saturated rings. The predicted octanol–water partition coefficient (Wildman–Crippen LogP) is 3.90. The van der Waals surface area contributed by atoms with E-state index in [2.05, 4.69) is 51.0 Å². The molecule has 0 bridgehead atoms. The summed E-state index contributed by atoms with van der Waals surface area (Å²) >= 11 is 3.57. The highest BCUT2D eigenvalue weighted by molar-refractivity contribution is 9.10. The quantitative estimate of drug-likeness (QED) is 0.795. The van der Waals surface area contributed by atoms with Crippen LogP contribution in [0.3, 0.4) is 0 Å². The fourth-order valence-corrected chi connectivity index (χ4v) is 3.75. The maximum atomic E-state index is 12.9. The molecule has 126 valence electrons. The van der Waals surface area contributed by atoms with E-state index in [1.165, 1.54) is 11.1 Å². The van der Waals surface area contributed by atoms with Crippen LogP contribution in [0, 0.1) is 0 Å². The Bertz CT molecular complexity index is 689. The third-order valence-corrected chi connectivity index (χ3v) is 5.43. The Morgan fingerprint density at radius 1 is 1.08 bits per heavy atom. The van der Waals surface area contributed by atoms with Gasteiger partial charge < -0.3 is 9.80 Å². The normalized spacial score (nSPS) is 18.6. The van der Waals surface area contributed by atoms with Crippen molar-refractivity contribution < 1.29 is 4.79 Å². The summed E-state index contributed by atoms with van der Waals surface area (Å²) in [4.78, 5) is 17.2. The molecule has 3 nitrogen and oxygen atoms in total. The zero-order valence-corrected chi connectivity index (χ0v) is 15.6. The first-order valence-electron chi connectivity index (χ1n) is 8.41. The molecule has 1 heterocycles. The van der Waals surface area contributed by atoms with Crippen LogP contribution in [0.15, 0.2) is 59.1 Å². The highest BCUT2D eigenvalue weighted by atomic mass is 79.9. The molecule has 0 radical (unpaired) electrons. The standard InChI is InChI=1S/C20H23BrN2O/c1-22-13-14-23(19(15-22)17-8-3-2-4-9-17)20(24)12-11-16-7-5-6-10-18(16)21/h2-10,19H,11-15H2,1H3. The second-order valence-corrected chi connectivity index (χ2v) is 7.22. The van der Waals surface area contributed by atoms with Gasteiger partial charge in [-0.15, -0.1) is 0 Å². The molecule has 1 saturated heterocycles. The molecular formula is C20H23BrN2O. The highest BCUT2D eigenvalue weighted by Crippen LogP contribution is 2.26. The molecule has 0 aromatic heterocycles. The van der Waals surface area contributed by atoms with Gasteiger partial charge in [-0.2, -0.15) is 0 Å². The molecule has 0 aliphatic carbocycles. The van der Waals surface area contributed by atoms with E-state index >= 15 is 0 Å². The topological polar surface area (TPSA) is 23.6 Å². The first-order chi connectivity index (χ1) is 11.6. The molecular weight excluding hydrogens is 364 g/mol. The number of benzene rings is 2. The van der Waals surface area contributed by atoms with Crippen molar-refractivity contribution >= 4 is 21.8 Å². The number of hydrogen-bond acceptors (Lipinski definition) is 2. The smallest absolute Gasteiger partial charge is 0.223 e. The number of nitrogens with zero attached hydrogens (tertiary/aromatic N) is 2. The number of piperazine rings is 1. The van der Waals surface area contributed by atoms with Crippen LogP contribution < -0.4 is 0 Å². The zero-order chi connectivity index (χ0) is 16.9. The predicted molar refractivity (Wildman–Crippen MR) is 101 cm³/mol. The average molecular weight is 387 g/mol. The molecule has 24 heavy (non-hydrogen) atoms.